The minimum absolute atomic E-state index is 0.0257. The van der Waals surface area contributed by atoms with Crippen LogP contribution in [0, 0.1) is 5.92 Å². The molecule has 176 valence electrons. The molecule has 2 bridgehead atoms. The van der Waals surface area contributed by atoms with Gasteiger partial charge in [-0.25, -0.2) is 0 Å². The van der Waals surface area contributed by atoms with Gasteiger partial charge in [0.2, 0.25) is 0 Å². The third-order valence-electron chi connectivity index (χ3n) is 7.48. The number of para-hydroxylation sites is 1. The first-order valence-electron chi connectivity index (χ1n) is 12.2. The highest BCUT2D eigenvalue weighted by Crippen LogP contribution is 2.32. The SMILES string of the molecule is O=C(NC1CN2CCC1CC2)c1cc2cccc(-c3ccc(C(=O)N4CCOCC4)cc3)c2o1. The van der Waals surface area contributed by atoms with E-state index in [1.165, 1.54) is 0 Å². The molecule has 0 spiro atoms. The number of nitrogens with one attached hydrogen (secondary N) is 1. The van der Waals surface area contributed by atoms with E-state index in [1.54, 1.807) is 0 Å². The van der Waals surface area contributed by atoms with Gasteiger partial charge in [-0.2, -0.15) is 0 Å². The van der Waals surface area contributed by atoms with Gasteiger partial charge < -0.3 is 24.3 Å². The number of piperidine rings is 3. The molecule has 1 N–H and O–H groups in total. The van der Waals surface area contributed by atoms with Crippen LogP contribution in [-0.4, -0.2) is 73.6 Å². The number of furan rings is 1. The molecule has 2 aromatic carbocycles. The van der Waals surface area contributed by atoms with E-state index in [4.69, 9.17) is 9.15 Å². The van der Waals surface area contributed by atoms with Gasteiger partial charge in [0, 0.05) is 42.2 Å². The van der Waals surface area contributed by atoms with Crippen molar-refractivity contribution >= 4 is 22.8 Å². The van der Waals surface area contributed by atoms with Gasteiger partial charge in [-0.15, -0.1) is 0 Å². The molecule has 1 aromatic heterocycles. The molecule has 0 aliphatic carbocycles. The van der Waals surface area contributed by atoms with E-state index in [9.17, 15) is 9.59 Å². The van der Waals surface area contributed by atoms with Crippen LogP contribution >= 0.6 is 0 Å². The number of amides is 2. The summed E-state index contributed by atoms with van der Waals surface area (Å²) in [7, 11) is 0. The van der Waals surface area contributed by atoms with E-state index in [1.807, 2.05) is 53.4 Å². The Bertz CT molecular complexity index is 1200. The Morgan fingerprint density at radius 2 is 1.71 bits per heavy atom. The molecule has 7 nitrogen and oxygen atoms in total. The van der Waals surface area contributed by atoms with Gasteiger partial charge in [0.15, 0.2) is 5.76 Å². The number of carbonyl (C=O) groups is 2. The number of benzene rings is 2. The molecular weight excluding hydrogens is 430 g/mol. The lowest BCUT2D eigenvalue weighted by Gasteiger charge is -2.44. The summed E-state index contributed by atoms with van der Waals surface area (Å²) in [6.07, 6.45) is 2.30. The van der Waals surface area contributed by atoms with Crippen LogP contribution in [0.3, 0.4) is 0 Å². The van der Waals surface area contributed by atoms with Crippen LogP contribution in [-0.2, 0) is 4.74 Å². The van der Waals surface area contributed by atoms with Crippen LogP contribution in [0.25, 0.3) is 22.1 Å². The fourth-order valence-corrected chi connectivity index (χ4v) is 5.51. The minimum atomic E-state index is -0.146. The molecule has 4 saturated heterocycles. The fraction of sp³-hybridized carbons (Fsp3) is 0.407. The predicted molar refractivity (Wildman–Crippen MR) is 129 cm³/mol. The van der Waals surface area contributed by atoms with Gasteiger partial charge in [-0.3, -0.25) is 9.59 Å². The van der Waals surface area contributed by atoms with E-state index in [0.29, 0.717) is 49.1 Å². The molecule has 4 fully saturated rings. The molecule has 7 heteroatoms. The summed E-state index contributed by atoms with van der Waals surface area (Å²) in [5, 5.41) is 4.11. The standard InChI is InChI=1S/C27H29N3O4/c31-26(28-23-17-29-10-8-19(23)9-11-29)24-16-21-2-1-3-22(25(21)34-24)18-4-6-20(7-5-18)27(32)30-12-14-33-15-13-30/h1-7,16,19,23H,8-15,17H2,(H,28,31). The van der Waals surface area contributed by atoms with Gasteiger partial charge in [0.25, 0.3) is 11.8 Å². The Hall–Kier alpha value is -3.16. The molecule has 3 aromatic rings. The lowest BCUT2D eigenvalue weighted by Crippen LogP contribution is -2.57. The summed E-state index contributed by atoms with van der Waals surface area (Å²) >= 11 is 0. The van der Waals surface area contributed by atoms with Crippen molar-refractivity contribution in [2.24, 2.45) is 5.92 Å². The van der Waals surface area contributed by atoms with Crippen molar-refractivity contribution < 1.29 is 18.7 Å². The topological polar surface area (TPSA) is 75.0 Å². The van der Waals surface area contributed by atoms with Crippen molar-refractivity contribution in [1.82, 2.24) is 15.1 Å². The predicted octanol–water partition coefficient (Wildman–Crippen LogP) is 3.40. The maximum absolute atomic E-state index is 13.0. The first kappa shape index (κ1) is 21.4. The lowest BCUT2D eigenvalue weighted by atomic mass is 9.84. The second-order valence-corrected chi connectivity index (χ2v) is 9.53. The normalized spacial score (nSPS) is 24.4. The van der Waals surface area contributed by atoms with Gasteiger partial charge in [-0.05, 0) is 55.6 Å². The van der Waals surface area contributed by atoms with Crippen molar-refractivity contribution in [3.63, 3.8) is 0 Å². The highest BCUT2D eigenvalue weighted by molar-refractivity contribution is 6.00. The number of hydrogen-bond acceptors (Lipinski definition) is 5. The lowest BCUT2D eigenvalue weighted by molar-refractivity contribution is 0.0303. The van der Waals surface area contributed by atoms with Crippen LogP contribution in [0.4, 0.5) is 0 Å². The van der Waals surface area contributed by atoms with E-state index in [2.05, 4.69) is 10.2 Å². The van der Waals surface area contributed by atoms with Crippen molar-refractivity contribution in [3.05, 3.63) is 59.9 Å². The van der Waals surface area contributed by atoms with Crippen LogP contribution < -0.4 is 5.32 Å². The Kier molecular flexibility index (Phi) is 5.59. The molecule has 1 unspecified atom stereocenters. The molecule has 7 rings (SSSR count). The third-order valence-corrected chi connectivity index (χ3v) is 7.48. The molecule has 5 heterocycles. The molecule has 0 saturated carbocycles. The average Bonchev–Trinajstić information content (AvgIpc) is 3.35. The fourth-order valence-electron chi connectivity index (χ4n) is 5.51. The van der Waals surface area contributed by atoms with E-state index in [0.717, 1.165) is 49.0 Å². The summed E-state index contributed by atoms with van der Waals surface area (Å²) in [5.41, 5.74) is 3.20. The van der Waals surface area contributed by atoms with Gasteiger partial charge in [-0.1, -0.05) is 30.3 Å². The number of ether oxygens (including phenoxy) is 1. The number of nitrogens with zero attached hydrogens (tertiary/aromatic N) is 2. The first-order valence-corrected chi connectivity index (χ1v) is 12.2. The second-order valence-electron chi connectivity index (χ2n) is 9.53. The largest absolute Gasteiger partial charge is 0.450 e. The Morgan fingerprint density at radius 1 is 0.941 bits per heavy atom. The molecule has 4 aliphatic rings. The summed E-state index contributed by atoms with van der Waals surface area (Å²) < 4.78 is 11.4. The Labute approximate surface area is 198 Å². The maximum atomic E-state index is 13.0. The van der Waals surface area contributed by atoms with Crippen molar-refractivity contribution in [2.45, 2.75) is 18.9 Å². The van der Waals surface area contributed by atoms with Crippen molar-refractivity contribution in [3.8, 4) is 11.1 Å². The Morgan fingerprint density at radius 3 is 2.41 bits per heavy atom. The number of rotatable bonds is 4. The maximum Gasteiger partial charge on any atom is 0.287 e. The first-order chi connectivity index (χ1) is 16.7. The average molecular weight is 460 g/mol. The highest BCUT2D eigenvalue weighted by Gasteiger charge is 2.35. The zero-order chi connectivity index (χ0) is 23.1. The zero-order valence-corrected chi connectivity index (χ0v) is 19.2. The van der Waals surface area contributed by atoms with Gasteiger partial charge >= 0.3 is 0 Å². The second kappa shape index (κ2) is 8.89. The van der Waals surface area contributed by atoms with Gasteiger partial charge in [0.1, 0.15) is 5.58 Å². The summed E-state index contributed by atoms with van der Waals surface area (Å²) in [4.78, 5) is 30.0. The highest BCUT2D eigenvalue weighted by atomic mass is 16.5. The molecule has 1 atom stereocenters. The zero-order valence-electron chi connectivity index (χ0n) is 19.2. The van der Waals surface area contributed by atoms with Crippen LogP contribution in [0.1, 0.15) is 33.8 Å². The quantitative estimate of drug-likeness (QED) is 0.647. The number of hydrogen-bond donors (Lipinski definition) is 1. The molecule has 2 amide bonds. The smallest absolute Gasteiger partial charge is 0.287 e. The third kappa shape index (κ3) is 3.99. The Balaban J connectivity index is 1.22. The van der Waals surface area contributed by atoms with Crippen LogP contribution in [0.5, 0.6) is 0 Å². The number of morpholine rings is 1. The summed E-state index contributed by atoms with van der Waals surface area (Å²) in [6, 6.07) is 15.5. The van der Waals surface area contributed by atoms with E-state index >= 15 is 0 Å². The minimum Gasteiger partial charge on any atom is -0.450 e. The van der Waals surface area contributed by atoms with Crippen molar-refractivity contribution in [1.29, 1.82) is 0 Å². The van der Waals surface area contributed by atoms with Crippen LogP contribution in [0.15, 0.2) is 52.9 Å². The van der Waals surface area contributed by atoms with E-state index < -0.39 is 0 Å². The van der Waals surface area contributed by atoms with E-state index in [-0.39, 0.29) is 17.9 Å². The van der Waals surface area contributed by atoms with Gasteiger partial charge in [0.05, 0.1) is 13.2 Å². The summed E-state index contributed by atoms with van der Waals surface area (Å²) in [5.74, 6) is 0.788. The number of fused-ring (bicyclic) bond motifs is 4. The molecule has 34 heavy (non-hydrogen) atoms. The van der Waals surface area contributed by atoms with Crippen LogP contribution in [0.2, 0.25) is 0 Å². The molecule has 0 radical (unpaired) electrons. The summed E-state index contributed by atoms with van der Waals surface area (Å²) in [6.45, 7) is 5.62. The molecular formula is C27H29N3O4. The number of carbonyl (C=O) groups excluding carboxylic acids is 2. The van der Waals surface area contributed by atoms with Crippen molar-refractivity contribution in [2.75, 3.05) is 45.9 Å². The molecule has 4 aliphatic heterocycles. The monoisotopic (exact) mass is 459 g/mol.